The van der Waals surface area contributed by atoms with E-state index in [9.17, 15) is 41.1 Å². The number of hydrogen-bond acceptors (Lipinski definition) is 11. The molecule has 0 radical (unpaired) electrons. The van der Waals surface area contributed by atoms with Gasteiger partial charge in [-0.2, -0.15) is 0 Å². The van der Waals surface area contributed by atoms with Crippen LogP contribution in [0, 0.1) is 10.8 Å². The third kappa shape index (κ3) is 8.63. The maximum Gasteiger partial charge on any atom is 0.335 e. The maximum atomic E-state index is 13.5. The fourth-order valence-electron chi connectivity index (χ4n) is 11.3. The average Bonchev–Trinajstić information content (AvgIpc) is 3.98. The third-order valence-electron chi connectivity index (χ3n) is 14.2. The minimum absolute atomic E-state index is 0.00608. The second kappa shape index (κ2) is 16.2. The molecule has 4 saturated heterocycles. The van der Waals surface area contributed by atoms with Crippen LogP contribution in [-0.2, 0) is 40.0 Å². The molecule has 2 unspecified atom stereocenters. The molecule has 6 aliphatic rings. The van der Waals surface area contributed by atoms with Crippen LogP contribution in [0.5, 0.6) is 0 Å². The number of carboxylic acids is 1. The van der Waals surface area contributed by atoms with Crippen LogP contribution in [0.1, 0.15) is 132 Å². The molecule has 2 atom stereocenters. The topological polar surface area (TPSA) is 245 Å². The fourth-order valence-corrected chi connectivity index (χ4v) is 14.6. The number of nitrogens with one attached hydrogen (secondary N) is 3. The molecule has 17 heteroatoms. The number of sulfone groups is 2. The molecule has 15 nitrogen and oxygen atoms in total. The zero-order chi connectivity index (χ0) is 45.3. The average molecular weight is 907 g/mol. The first-order chi connectivity index (χ1) is 29.5. The van der Waals surface area contributed by atoms with Crippen molar-refractivity contribution in [1.29, 1.82) is 0 Å². The van der Waals surface area contributed by atoms with E-state index in [-0.39, 0.29) is 79.8 Å². The number of aromatic amines is 2. The van der Waals surface area contributed by atoms with Crippen molar-refractivity contribution in [3.8, 4) is 0 Å². The second-order valence-electron chi connectivity index (χ2n) is 19.9. The highest BCUT2D eigenvalue weighted by atomic mass is 32.2. The number of carbonyl (C=O) groups is 4. The lowest BCUT2D eigenvalue weighted by Crippen LogP contribution is -2.46. The van der Waals surface area contributed by atoms with Gasteiger partial charge in [0.15, 0.2) is 31.2 Å². The molecule has 0 saturated carbocycles. The van der Waals surface area contributed by atoms with Gasteiger partial charge in [-0.1, -0.05) is 27.7 Å². The monoisotopic (exact) mass is 906 g/mol. The van der Waals surface area contributed by atoms with Gasteiger partial charge in [0.1, 0.15) is 0 Å². The molecule has 1 amide bonds. The van der Waals surface area contributed by atoms with E-state index >= 15 is 0 Å². The number of Topliss-reactive ketones (excluding diaryl/α,β-unsaturated/α-hetero) is 2. The van der Waals surface area contributed by atoms with Crippen molar-refractivity contribution < 1.29 is 50.6 Å². The van der Waals surface area contributed by atoms with Crippen molar-refractivity contribution in [2.24, 2.45) is 16.6 Å². The van der Waals surface area contributed by atoms with Crippen LogP contribution in [0.3, 0.4) is 0 Å². The molecule has 2 aliphatic carbocycles. The van der Waals surface area contributed by atoms with Gasteiger partial charge in [-0.25, -0.2) is 21.6 Å². The van der Waals surface area contributed by atoms with E-state index < -0.39 is 25.6 Å². The number of ketones is 2. The van der Waals surface area contributed by atoms with Crippen LogP contribution in [0.2, 0.25) is 0 Å². The Hall–Kier alpha value is -4.42. The Balaban J connectivity index is 0.000000150. The van der Waals surface area contributed by atoms with Gasteiger partial charge in [0.2, 0.25) is 0 Å². The highest BCUT2D eigenvalue weighted by molar-refractivity contribution is 7.91. The lowest BCUT2D eigenvalue weighted by Gasteiger charge is -2.45. The number of nitrogens with two attached hydrogens (primary N) is 1. The van der Waals surface area contributed by atoms with E-state index in [2.05, 4.69) is 43.0 Å². The number of benzene rings is 2. The normalized spacial score (nSPS) is 25.7. The number of rotatable bonds is 3. The second-order valence-corrected chi connectivity index (χ2v) is 24.3. The first kappa shape index (κ1) is 45.2. The smallest absolute Gasteiger partial charge is 0.335 e. The molecule has 4 fully saturated rings. The predicted octanol–water partition coefficient (Wildman–Crippen LogP) is 5.40. The SMILES string of the molecule is CC1(C)CC2(CCOCC2)C(=O)c2[nH]c3ccc(C(=O)NC4CCS(=O)(=O)C4)cc3c21.CC1(C)CC2(CCOCC2)C(=O)c2[nH]c3ccc(C(=O)O)cc3c21.NC1CCS(=O)(=O)C1. The first-order valence-corrected chi connectivity index (χ1v) is 25.5. The number of hydrogen-bond donors (Lipinski definition) is 5. The molecular formula is C46H58N4O11S2. The van der Waals surface area contributed by atoms with Crippen LogP contribution in [-0.4, -0.2) is 117 Å². The van der Waals surface area contributed by atoms with Gasteiger partial charge < -0.3 is 35.6 Å². The Morgan fingerprint density at radius 1 is 0.698 bits per heavy atom. The van der Waals surface area contributed by atoms with Crippen LogP contribution >= 0.6 is 0 Å². The van der Waals surface area contributed by atoms with Crippen molar-refractivity contribution in [3.63, 3.8) is 0 Å². The standard InChI is InChI=1S/C23H28N2O5S.C19H21NO4.C4H9NO2S/c1-22(2)13-23(6-8-30-9-7-23)20(26)19-18(22)16-11-14(3-4-17(16)25-19)21(27)24-15-5-10-31(28,29)12-15;1-18(2)10-19(5-7-24-8-6-19)16(21)15-14(18)12-9-11(17(22)23)3-4-13(12)20-15;5-4-1-2-8(6,7)3-4/h3-4,11,15,25H,5-10,12-13H2,1-2H3,(H,24,27);3-4,9,20H,5-8,10H2,1-2H3,(H,22,23);4H,1-3,5H2. The van der Waals surface area contributed by atoms with E-state index in [0.717, 1.165) is 71.5 Å². The number of H-pyrrole nitrogens is 2. The van der Waals surface area contributed by atoms with Gasteiger partial charge in [0, 0.05) is 76.7 Å². The van der Waals surface area contributed by atoms with Crippen LogP contribution in [0.4, 0.5) is 0 Å². The summed E-state index contributed by atoms with van der Waals surface area (Å²) in [5.74, 6) is -0.329. The zero-order valence-electron chi connectivity index (χ0n) is 36.4. The Morgan fingerprint density at radius 3 is 1.54 bits per heavy atom. The Morgan fingerprint density at radius 2 is 1.14 bits per heavy atom. The Labute approximate surface area is 367 Å². The summed E-state index contributed by atoms with van der Waals surface area (Å²) in [6.45, 7) is 11.1. The molecule has 4 aliphatic heterocycles. The van der Waals surface area contributed by atoms with Gasteiger partial charge in [0.05, 0.1) is 40.0 Å². The number of amides is 1. The summed E-state index contributed by atoms with van der Waals surface area (Å²) in [6, 6.07) is 9.98. The molecule has 2 aromatic heterocycles. The lowest BCUT2D eigenvalue weighted by atomic mass is 9.59. The minimum Gasteiger partial charge on any atom is -0.478 e. The van der Waals surface area contributed by atoms with Gasteiger partial charge in [-0.05, 0) is 110 Å². The summed E-state index contributed by atoms with van der Waals surface area (Å²) in [5.41, 5.74) is 9.82. The largest absolute Gasteiger partial charge is 0.478 e. The molecule has 2 aromatic carbocycles. The Kier molecular flexibility index (Phi) is 11.6. The number of aromatic nitrogens is 2. The van der Waals surface area contributed by atoms with Gasteiger partial charge >= 0.3 is 5.97 Å². The summed E-state index contributed by atoms with van der Waals surface area (Å²) in [7, 11) is -5.78. The van der Waals surface area contributed by atoms with E-state index in [4.69, 9.17) is 15.2 Å². The van der Waals surface area contributed by atoms with Crippen LogP contribution in [0.25, 0.3) is 21.8 Å². The van der Waals surface area contributed by atoms with Crippen molar-refractivity contribution in [3.05, 3.63) is 70.0 Å². The van der Waals surface area contributed by atoms with Crippen molar-refractivity contribution in [2.75, 3.05) is 49.4 Å². The first-order valence-electron chi connectivity index (χ1n) is 21.8. The number of carbonyl (C=O) groups excluding carboxylic acids is 3. The molecule has 4 aromatic rings. The highest BCUT2D eigenvalue weighted by Crippen LogP contribution is 2.54. The number of aromatic carboxylic acids is 1. The molecule has 10 rings (SSSR count). The number of fused-ring (bicyclic) bond motifs is 6. The molecular weight excluding hydrogens is 849 g/mol. The van der Waals surface area contributed by atoms with E-state index in [0.29, 0.717) is 56.2 Å². The summed E-state index contributed by atoms with van der Waals surface area (Å²) in [6.07, 6.45) is 5.61. The summed E-state index contributed by atoms with van der Waals surface area (Å²) in [4.78, 5) is 57.5. The number of ether oxygens (including phenoxy) is 2. The molecule has 6 N–H and O–H groups in total. The van der Waals surface area contributed by atoms with Crippen molar-refractivity contribution >= 4 is 64.9 Å². The predicted molar refractivity (Wildman–Crippen MR) is 238 cm³/mol. The Bertz CT molecular complexity index is 2740. The summed E-state index contributed by atoms with van der Waals surface area (Å²) in [5, 5.41) is 13.9. The number of carboxylic acid groups (broad SMARTS) is 1. The summed E-state index contributed by atoms with van der Waals surface area (Å²) >= 11 is 0. The molecule has 63 heavy (non-hydrogen) atoms. The van der Waals surface area contributed by atoms with Gasteiger partial charge in [-0.3, -0.25) is 14.4 Å². The molecule has 6 heterocycles. The van der Waals surface area contributed by atoms with Gasteiger partial charge in [-0.15, -0.1) is 0 Å². The quantitative estimate of drug-likeness (QED) is 0.173. The molecule has 0 bridgehead atoms. The molecule has 2 spiro atoms. The van der Waals surface area contributed by atoms with E-state index in [1.54, 1.807) is 24.3 Å². The van der Waals surface area contributed by atoms with Crippen LogP contribution < -0.4 is 11.1 Å². The van der Waals surface area contributed by atoms with E-state index in [1.165, 1.54) is 0 Å². The third-order valence-corrected chi connectivity index (χ3v) is 17.7. The summed E-state index contributed by atoms with van der Waals surface area (Å²) < 4.78 is 55.5. The fraction of sp³-hybridized carbons (Fsp3) is 0.565. The van der Waals surface area contributed by atoms with Crippen LogP contribution in [0.15, 0.2) is 36.4 Å². The van der Waals surface area contributed by atoms with Crippen molar-refractivity contribution in [2.45, 2.75) is 102 Å². The molecule has 340 valence electrons. The van der Waals surface area contributed by atoms with Crippen molar-refractivity contribution in [1.82, 2.24) is 15.3 Å². The lowest BCUT2D eigenvalue weighted by molar-refractivity contribution is 0.00286. The zero-order valence-corrected chi connectivity index (χ0v) is 38.0. The highest BCUT2D eigenvalue weighted by Gasteiger charge is 2.53. The van der Waals surface area contributed by atoms with Gasteiger partial charge in [0.25, 0.3) is 5.91 Å². The maximum absolute atomic E-state index is 13.5. The van der Waals surface area contributed by atoms with E-state index in [1.807, 2.05) is 12.1 Å². The minimum atomic E-state index is -3.06.